The van der Waals surface area contributed by atoms with Crippen LogP contribution < -0.4 is 5.32 Å². The fourth-order valence-corrected chi connectivity index (χ4v) is 3.84. The van der Waals surface area contributed by atoms with Crippen molar-refractivity contribution in [3.63, 3.8) is 0 Å². The van der Waals surface area contributed by atoms with E-state index in [9.17, 15) is 4.79 Å². The predicted molar refractivity (Wildman–Crippen MR) is 107 cm³/mol. The van der Waals surface area contributed by atoms with Gasteiger partial charge in [0.15, 0.2) is 5.65 Å². The van der Waals surface area contributed by atoms with Gasteiger partial charge in [-0.05, 0) is 49.1 Å². The second-order valence-electron chi connectivity index (χ2n) is 7.38. The third kappa shape index (κ3) is 4.35. The molecule has 0 aliphatic heterocycles. The van der Waals surface area contributed by atoms with E-state index >= 15 is 0 Å². The summed E-state index contributed by atoms with van der Waals surface area (Å²) in [7, 11) is 0. The summed E-state index contributed by atoms with van der Waals surface area (Å²) in [6, 6.07) is 12.5. The van der Waals surface area contributed by atoms with Crippen LogP contribution in [0.4, 0.5) is 0 Å². The van der Waals surface area contributed by atoms with Crippen LogP contribution in [-0.2, 0) is 11.2 Å². The number of rotatable bonds is 5. The SMILES string of the molecule is O=C(CCc1ccc(-n2cnc3cccnc32)cc1)NC1CCCCCC1. The average Bonchev–Trinajstić information content (AvgIpc) is 2.97. The Morgan fingerprint density at radius 2 is 1.81 bits per heavy atom. The number of carbonyl (C=O) groups excluding carboxylic acids is 1. The van der Waals surface area contributed by atoms with Crippen LogP contribution in [-0.4, -0.2) is 26.5 Å². The topological polar surface area (TPSA) is 59.8 Å². The highest BCUT2D eigenvalue weighted by Gasteiger charge is 2.14. The van der Waals surface area contributed by atoms with Gasteiger partial charge in [0.1, 0.15) is 11.8 Å². The van der Waals surface area contributed by atoms with Crippen LogP contribution >= 0.6 is 0 Å². The normalized spacial score (nSPS) is 15.6. The van der Waals surface area contributed by atoms with Crippen molar-refractivity contribution in [3.8, 4) is 5.69 Å². The standard InChI is InChI=1S/C22H26N4O/c27-21(25-18-6-3-1-2-4-7-18)14-11-17-9-12-19(13-10-17)26-16-24-20-8-5-15-23-22(20)26/h5,8-10,12-13,15-16,18H,1-4,6-7,11,14H2,(H,25,27). The fraction of sp³-hybridized carbons (Fsp3) is 0.409. The lowest BCUT2D eigenvalue weighted by Crippen LogP contribution is -2.34. The fourth-order valence-electron chi connectivity index (χ4n) is 3.84. The van der Waals surface area contributed by atoms with Gasteiger partial charge in [-0.2, -0.15) is 0 Å². The predicted octanol–water partition coefficient (Wildman–Crippen LogP) is 4.19. The molecule has 0 spiro atoms. The number of nitrogens with one attached hydrogen (secondary N) is 1. The van der Waals surface area contributed by atoms with Gasteiger partial charge in [0.2, 0.25) is 5.91 Å². The number of nitrogens with zero attached hydrogens (tertiary/aromatic N) is 3. The van der Waals surface area contributed by atoms with Crippen molar-refractivity contribution in [2.75, 3.05) is 0 Å². The summed E-state index contributed by atoms with van der Waals surface area (Å²) in [6.07, 6.45) is 12.2. The van der Waals surface area contributed by atoms with Crippen molar-refractivity contribution in [2.45, 2.75) is 57.4 Å². The summed E-state index contributed by atoms with van der Waals surface area (Å²) < 4.78 is 1.98. The molecule has 1 aliphatic rings. The molecule has 0 unspecified atom stereocenters. The van der Waals surface area contributed by atoms with Crippen LogP contribution in [0.2, 0.25) is 0 Å². The van der Waals surface area contributed by atoms with E-state index < -0.39 is 0 Å². The number of benzene rings is 1. The van der Waals surface area contributed by atoms with Crippen LogP contribution in [0.5, 0.6) is 0 Å². The third-order valence-electron chi connectivity index (χ3n) is 5.38. The molecule has 0 radical (unpaired) electrons. The lowest BCUT2D eigenvalue weighted by Gasteiger charge is -2.16. The Morgan fingerprint density at radius 1 is 1.04 bits per heavy atom. The Kier molecular flexibility index (Phi) is 5.47. The molecular formula is C22H26N4O. The largest absolute Gasteiger partial charge is 0.353 e. The quantitative estimate of drug-likeness (QED) is 0.692. The maximum atomic E-state index is 12.3. The first-order chi connectivity index (χ1) is 13.3. The monoisotopic (exact) mass is 362 g/mol. The Morgan fingerprint density at radius 3 is 2.59 bits per heavy atom. The number of imidazole rings is 1. The zero-order valence-corrected chi connectivity index (χ0v) is 15.6. The maximum Gasteiger partial charge on any atom is 0.220 e. The highest BCUT2D eigenvalue weighted by atomic mass is 16.1. The van der Waals surface area contributed by atoms with Gasteiger partial charge in [-0.3, -0.25) is 9.36 Å². The van der Waals surface area contributed by atoms with Gasteiger partial charge in [-0.25, -0.2) is 9.97 Å². The third-order valence-corrected chi connectivity index (χ3v) is 5.38. The smallest absolute Gasteiger partial charge is 0.220 e. The molecule has 0 saturated heterocycles. The number of fused-ring (bicyclic) bond motifs is 1. The minimum atomic E-state index is 0.177. The average molecular weight is 362 g/mol. The zero-order chi connectivity index (χ0) is 18.5. The molecule has 4 rings (SSSR count). The van der Waals surface area contributed by atoms with E-state index in [4.69, 9.17) is 0 Å². The van der Waals surface area contributed by atoms with E-state index in [0.29, 0.717) is 12.5 Å². The van der Waals surface area contributed by atoms with Crippen molar-refractivity contribution in [1.29, 1.82) is 0 Å². The minimum absolute atomic E-state index is 0.177. The van der Waals surface area contributed by atoms with Crippen molar-refractivity contribution >= 4 is 17.1 Å². The molecule has 5 heteroatoms. The Bertz CT molecular complexity index is 892. The van der Waals surface area contributed by atoms with Gasteiger partial charge in [-0.1, -0.05) is 37.8 Å². The lowest BCUT2D eigenvalue weighted by atomic mass is 10.1. The molecule has 1 N–H and O–H groups in total. The van der Waals surface area contributed by atoms with E-state index in [1.165, 1.54) is 31.2 Å². The summed E-state index contributed by atoms with van der Waals surface area (Å²) in [5.74, 6) is 0.177. The van der Waals surface area contributed by atoms with Crippen LogP contribution in [0.1, 0.15) is 50.5 Å². The highest BCUT2D eigenvalue weighted by Crippen LogP contribution is 2.18. The van der Waals surface area contributed by atoms with Crippen LogP contribution in [0, 0.1) is 0 Å². The van der Waals surface area contributed by atoms with E-state index in [0.717, 1.165) is 36.1 Å². The van der Waals surface area contributed by atoms with Crippen LogP contribution in [0.15, 0.2) is 48.9 Å². The number of aromatic nitrogens is 3. The Balaban J connectivity index is 1.34. The van der Waals surface area contributed by atoms with Crippen molar-refractivity contribution in [2.24, 2.45) is 0 Å². The maximum absolute atomic E-state index is 12.3. The minimum Gasteiger partial charge on any atom is -0.353 e. The molecule has 5 nitrogen and oxygen atoms in total. The lowest BCUT2D eigenvalue weighted by molar-refractivity contribution is -0.121. The number of aryl methyl sites for hydroxylation is 1. The summed E-state index contributed by atoms with van der Waals surface area (Å²) >= 11 is 0. The Labute approximate surface area is 159 Å². The first-order valence-electron chi connectivity index (χ1n) is 9.96. The molecule has 0 bridgehead atoms. The van der Waals surface area contributed by atoms with Crippen LogP contribution in [0.25, 0.3) is 16.9 Å². The molecule has 1 aromatic carbocycles. The summed E-state index contributed by atoms with van der Waals surface area (Å²) in [4.78, 5) is 21.1. The number of pyridine rings is 1. The van der Waals surface area contributed by atoms with Crippen LogP contribution in [0.3, 0.4) is 0 Å². The van der Waals surface area contributed by atoms with Gasteiger partial charge in [0.25, 0.3) is 0 Å². The van der Waals surface area contributed by atoms with E-state index in [1.54, 1.807) is 12.5 Å². The molecular weight excluding hydrogens is 336 g/mol. The number of hydrogen-bond acceptors (Lipinski definition) is 3. The molecule has 1 amide bonds. The molecule has 2 heterocycles. The second kappa shape index (κ2) is 8.33. The Hall–Kier alpha value is -2.69. The molecule has 1 saturated carbocycles. The summed E-state index contributed by atoms with van der Waals surface area (Å²) in [5.41, 5.74) is 3.94. The van der Waals surface area contributed by atoms with E-state index in [-0.39, 0.29) is 5.91 Å². The summed E-state index contributed by atoms with van der Waals surface area (Å²) in [5, 5.41) is 3.22. The molecule has 1 fully saturated rings. The molecule has 0 atom stereocenters. The number of hydrogen-bond donors (Lipinski definition) is 1. The molecule has 2 aromatic heterocycles. The summed E-state index contributed by atoms with van der Waals surface area (Å²) in [6.45, 7) is 0. The van der Waals surface area contributed by atoms with Gasteiger partial charge in [-0.15, -0.1) is 0 Å². The van der Waals surface area contributed by atoms with E-state index in [2.05, 4.69) is 39.6 Å². The van der Waals surface area contributed by atoms with Gasteiger partial charge in [0.05, 0.1) is 0 Å². The number of amides is 1. The van der Waals surface area contributed by atoms with Crippen molar-refractivity contribution < 1.29 is 4.79 Å². The highest BCUT2D eigenvalue weighted by molar-refractivity contribution is 5.76. The van der Waals surface area contributed by atoms with Crippen molar-refractivity contribution in [3.05, 3.63) is 54.5 Å². The number of carbonyl (C=O) groups is 1. The molecule has 27 heavy (non-hydrogen) atoms. The second-order valence-corrected chi connectivity index (χ2v) is 7.38. The van der Waals surface area contributed by atoms with Gasteiger partial charge in [0, 0.05) is 24.3 Å². The first kappa shape index (κ1) is 17.7. The van der Waals surface area contributed by atoms with Crippen molar-refractivity contribution in [1.82, 2.24) is 19.9 Å². The molecule has 3 aromatic rings. The molecule has 140 valence electrons. The molecule has 1 aliphatic carbocycles. The van der Waals surface area contributed by atoms with E-state index in [1.807, 2.05) is 16.7 Å². The first-order valence-corrected chi connectivity index (χ1v) is 9.96. The zero-order valence-electron chi connectivity index (χ0n) is 15.6. The van der Waals surface area contributed by atoms with Gasteiger partial charge < -0.3 is 5.32 Å². The van der Waals surface area contributed by atoms with Gasteiger partial charge >= 0.3 is 0 Å².